The number of aromatic nitrogens is 2. The number of nitrogens with zero attached hydrogens (tertiary/aromatic N) is 3. The number of hydrogen-bond donors (Lipinski definition) is 1. The fourth-order valence-electron chi connectivity index (χ4n) is 3.51. The normalized spacial score (nSPS) is 12.1. The Hall–Kier alpha value is -3.34. The number of carbonyl (C=O) groups is 1. The number of carbonyl (C=O) groups excluding carboxylic acids is 1. The van der Waals surface area contributed by atoms with E-state index in [1.165, 1.54) is 46.0 Å². The topological polar surface area (TPSA) is 83.8 Å². The standard InChI is InChI=1S/C24H23FN4O3S2/c1-3-28(4-2)34(31,32)20-12-5-17(6-13-20)7-14-21(30)26-23-22(18-8-10-19(25)11-9-18)27-24-29(23)15-16-33-24/h5-16H,3-4H2,1-2H3,(H,26,30)/b14-7+. The van der Waals surface area contributed by atoms with Gasteiger partial charge in [0.1, 0.15) is 17.3 Å². The lowest BCUT2D eigenvalue weighted by Crippen LogP contribution is -2.30. The average Bonchev–Trinajstić information content (AvgIpc) is 3.42. The maximum Gasteiger partial charge on any atom is 0.249 e. The Balaban J connectivity index is 1.53. The van der Waals surface area contributed by atoms with Crippen molar-refractivity contribution in [3.05, 3.63) is 77.6 Å². The zero-order valence-electron chi connectivity index (χ0n) is 18.6. The van der Waals surface area contributed by atoms with Gasteiger partial charge in [0.15, 0.2) is 4.96 Å². The van der Waals surface area contributed by atoms with Crippen LogP contribution >= 0.6 is 11.3 Å². The van der Waals surface area contributed by atoms with Crippen LogP contribution in [-0.2, 0) is 14.8 Å². The van der Waals surface area contributed by atoms with Gasteiger partial charge in [0, 0.05) is 36.3 Å². The lowest BCUT2D eigenvalue weighted by atomic mass is 10.1. The quantitative estimate of drug-likeness (QED) is 0.351. The molecule has 0 fully saturated rings. The molecule has 10 heteroatoms. The fourth-order valence-corrected chi connectivity index (χ4v) is 5.68. The minimum Gasteiger partial charge on any atom is -0.306 e. The van der Waals surface area contributed by atoms with Crippen LogP contribution in [0.3, 0.4) is 0 Å². The molecular weight excluding hydrogens is 475 g/mol. The summed E-state index contributed by atoms with van der Waals surface area (Å²) in [4.78, 5) is 18.2. The zero-order chi connectivity index (χ0) is 24.3. The Morgan fingerprint density at radius 1 is 1.12 bits per heavy atom. The number of fused-ring (bicyclic) bond motifs is 1. The van der Waals surface area contributed by atoms with Crippen molar-refractivity contribution in [3.8, 4) is 11.3 Å². The van der Waals surface area contributed by atoms with E-state index in [4.69, 9.17) is 0 Å². The summed E-state index contributed by atoms with van der Waals surface area (Å²) in [6, 6.07) is 12.3. The first-order chi connectivity index (χ1) is 16.3. The number of sulfonamides is 1. The number of amides is 1. The van der Waals surface area contributed by atoms with Gasteiger partial charge in [-0.3, -0.25) is 9.20 Å². The Kier molecular flexibility index (Phi) is 6.92. The van der Waals surface area contributed by atoms with Crippen molar-refractivity contribution in [1.82, 2.24) is 13.7 Å². The molecule has 2 heterocycles. The van der Waals surface area contributed by atoms with Crippen molar-refractivity contribution in [2.45, 2.75) is 18.7 Å². The van der Waals surface area contributed by atoms with E-state index < -0.39 is 10.0 Å². The van der Waals surface area contributed by atoms with Gasteiger partial charge < -0.3 is 5.32 Å². The molecule has 0 saturated carbocycles. The van der Waals surface area contributed by atoms with Gasteiger partial charge in [-0.1, -0.05) is 26.0 Å². The predicted molar refractivity (Wildman–Crippen MR) is 133 cm³/mol. The van der Waals surface area contributed by atoms with Gasteiger partial charge in [0.25, 0.3) is 0 Å². The first kappa shape index (κ1) is 23.8. The number of anilines is 1. The molecule has 4 rings (SSSR count). The minimum absolute atomic E-state index is 0.209. The van der Waals surface area contributed by atoms with Gasteiger partial charge >= 0.3 is 0 Å². The number of benzene rings is 2. The maximum atomic E-state index is 13.3. The second-order valence-electron chi connectivity index (χ2n) is 7.35. The molecule has 0 spiro atoms. The summed E-state index contributed by atoms with van der Waals surface area (Å²) in [6.45, 7) is 4.38. The molecule has 176 valence electrons. The highest BCUT2D eigenvalue weighted by molar-refractivity contribution is 7.89. The minimum atomic E-state index is -3.53. The van der Waals surface area contributed by atoms with Crippen LogP contribution in [0.4, 0.5) is 10.2 Å². The Bertz CT molecular complexity index is 1440. The molecule has 0 radical (unpaired) electrons. The molecule has 2 aromatic heterocycles. The lowest BCUT2D eigenvalue weighted by molar-refractivity contribution is -0.111. The first-order valence-corrected chi connectivity index (χ1v) is 13.0. The molecule has 0 bridgehead atoms. The average molecular weight is 499 g/mol. The first-order valence-electron chi connectivity index (χ1n) is 10.6. The fraction of sp³-hybridized carbons (Fsp3) is 0.167. The zero-order valence-corrected chi connectivity index (χ0v) is 20.2. The van der Waals surface area contributed by atoms with Crippen molar-refractivity contribution in [2.75, 3.05) is 18.4 Å². The van der Waals surface area contributed by atoms with Gasteiger partial charge in [-0.2, -0.15) is 4.31 Å². The number of hydrogen-bond acceptors (Lipinski definition) is 5. The molecule has 0 saturated heterocycles. The second kappa shape index (κ2) is 9.88. The molecule has 1 amide bonds. The molecule has 0 unspecified atom stereocenters. The third-order valence-electron chi connectivity index (χ3n) is 5.27. The monoisotopic (exact) mass is 498 g/mol. The molecule has 0 aliphatic rings. The molecule has 0 aliphatic heterocycles. The van der Waals surface area contributed by atoms with E-state index in [0.717, 1.165) is 0 Å². The SMILES string of the molecule is CCN(CC)S(=O)(=O)c1ccc(/C=C/C(=O)Nc2c(-c3ccc(F)cc3)nc3sccn23)cc1. The Morgan fingerprint density at radius 2 is 1.79 bits per heavy atom. The summed E-state index contributed by atoms with van der Waals surface area (Å²) in [5, 5.41) is 4.71. The summed E-state index contributed by atoms with van der Waals surface area (Å²) in [7, 11) is -3.53. The highest BCUT2D eigenvalue weighted by Gasteiger charge is 2.21. The molecule has 2 aromatic carbocycles. The number of halogens is 1. The molecule has 7 nitrogen and oxygen atoms in total. The number of imidazole rings is 1. The van der Waals surface area contributed by atoms with E-state index in [2.05, 4.69) is 10.3 Å². The van der Waals surface area contributed by atoms with E-state index in [-0.39, 0.29) is 16.6 Å². The van der Waals surface area contributed by atoms with Crippen LogP contribution in [0, 0.1) is 5.82 Å². The highest BCUT2D eigenvalue weighted by atomic mass is 32.2. The van der Waals surface area contributed by atoms with Crippen LogP contribution < -0.4 is 5.32 Å². The van der Waals surface area contributed by atoms with Gasteiger partial charge in [0.05, 0.1) is 4.90 Å². The third kappa shape index (κ3) is 4.79. The number of nitrogens with one attached hydrogen (secondary N) is 1. The Labute approximate surface area is 201 Å². The Morgan fingerprint density at radius 3 is 2.44 bits per heavy atom. The predicted octanol–water partition coefficient (Wildman–Crippen LogP) is 4.88. The van der Waals surface area contributed by atoms with Crippen molar-refractivity contribution < 1.29 is 17.6 Å². The second-order valence-corrected chi connectivity index (χ2v) is 10.2. The smallest absolute Gasteiger partial charge is 0.249 e. The number of rotatable bonds is 8. The van der Waals surface area contributed by atoms with Gasteiger partial charge in [0.2, 0.25) is 15.9 Å². The van der Waals surface area contributed by atoms with Crippen LogP contribution in [0.2, 0.25) is 0 Å². The van der Waals surface area contributed by atoms with Crippen molar-refractivity contribution in [2.24, 2.45) is 0 Å². The molecule has 1 N–H and O–H groups in total. The summed E-state index contributed by atoms with van der Waals surface area (Å²) < 4.78 is 41.7. The van der Waals surface area contributed by atoms with Crippen molar-refractivity contribution in [1.29, 1.82) is 0 Å². The van der Waals surface area contributed by atoms with Crippen LogP contribution in [0.5, 0.6) is 0 Å². The van der Waals surface area contributed by atoms with Crippen LogP contribution in [-0.4, -0.2) is 41.1 Å². The lowest BCUT2D eigenvalue weighted by Gasteiger charge is -2.18. The van der Waals surface area contributed by atoms with Gasteiger partial charge in [-0.15, -0.1) is 11.3 Å². The highest BCUT2D eigenvalue weighted by Crippen LogP contribution is 2.31. The summed E-state index contributed by atoms with van der Waals surface area (Å²) in [5.41, 5.74) is 1.91. The number of thiazole rings is 1. The van der Waals surface area contributed by atoms with E-state index in [0.29, 0.717) is 40.7 Å². The summed E-state index contributed by atoms with van der Waals surface area (Å²) in [6.07, 6.45) is 4.77. The van der Waals surface area contributed by atoms with E-state index in [9.17, 15) is 17.6 Å². The van der Waals surface area contributed by atoms with E-state index in [1.807, 2.05) is 5.38 Å². The van der Waals surface area contributed by atoms with Crippen LogP contribution in [0.1, 0.15) is 19.4 Å². The van der Waals surface area contributed by atoms with Crippen molar-refractivity contribution >= 4 is 44.1 Å². The summed E-state index contributed by atoms with van der Waals surface area (Å²) >= 11 is 1.42. The molecule has 0 aliphatic carbocycles. The van der Waals surface area contributed by atoms with Crippen LogP contribution in [0.25, 0.3) is 22.3 Å². The molecule has 34 heavy (non-hydrogen) atoms. The van der Waals surface area contributed by atoms with Gasteiger partial charge in [-0.05, 0) is 48.0 Å². The maximum absolute atomic E-state index is 13.3. The largest absolute Gasteiger partial charge is 0.306 e. The molecule has 0 atom stereocenters. The third-order valence-corrected chi connectivity index (χ3v) is 8.09. The molecular formula is C24H23FN4O3S2. The van der Waals surface area contributed by atoms with Gasteiger partial charge in [-0.25, -0.2) is 17.8 Å². The van der Waals surface area contributed by atoms with E-state index >= 15 is 0 Å². The summed E-state index contributed by atoms with van der Waals surface area (Å²) in [5.74, 6) is -0.247. The van der Waals surface area contributed by atoms with Crippen molar-refractivity contribution in [3.63, 3.8) is 0 Å². The van der Waals surface area contributed by atoms with E-state index in [1.54, 1.807) is 54.8 Å². The van der Waals surface area contributed by atoms with Crippen LogP contribution in [0.15, 0.2) is 71.1 Å². The molecule has 4 aromatic rings.